The van der Waals surface area contributed by atoms with Gasteiger partial charge in [-0.1, -0.05) is 0 Å². The van der Waals surface area contributed by atoms with Crippen LogP contribution in [0.25, 0.3) is 0 Å². The minimum absolute atomic E-state index is 0.0446. The molecule has 2 aliphatic heterocycles. The maximum Gasteiger partial charge on any atom is 0.394 e. The number of likely N-dealkylation sites (tertiary alicyclic amines) is 1. The second-order valence-corrected chi connectivity index (χ2v) is 6.77. The molecule has 6 nitrogen and oxygen atoms in total. The van der Waals surface area contributed by atoms with E-state index in [0.29, 0.717) is 19.0 Å². The van der Waals surface area contributed by atoms with Crippen LogP contribution in [0.3, 0.4) is 0 Å². The molecule has 0 radical (unpaired) electrons. The van der Waals surface area contributed by atoms with Crippen molar-refractivity contribution in [2.45, 2.75) is 25.1 Å². The van der Waals surface area contributed by atoms with Crippen molar-refractivity contribution in [3.05, 3.63) is 29.8 Å². The molecule has 1 N–H and O–H groups in total. The standard InChI is InChI=1S/C18H20F3NO5/c19-18(20,21)15-9-22(8-14(15)17(24)25)16(23)11-3-5-12(6-4-11)27-10-13-2-1-7-26-13/h3-6,13-15H,1-2,7-10H2,(H,24,25)/t13?,14-,15-/m1/s1. The number of halogens is 3. The molecule has 2 aliphatic rings. The fraction of sp³-hybridized carbons (Fsp3) is 0.556. The zero-order valence-electron chi connectivity index (χ0n) is 14.4. The highest BCUT2D eigenvalue weighted by Gasteiger charge is 2.53. The van der Waals surface area contributed by atoms with Gasteiger partial charge in [0.15, 0.2) is 0 Å². The van der Waals surface area contributed by atoms with Crippen molar-refractivity contribution in [1.82, 2.24) is 4.90 Å². The lowest BCUT2D eigenvalue weighted by Crippen LogP contribution is -2.34. The van der Waals surface area contributed by atoms with Crippen LogP contribution < -0.4 is 4.74 Å². The number of hydrogen-bond donors (Lipinski definition) is 1. The summed E-state index contributed by atoms with van der Waals surface area (Å²) in [5.41, 5.74) is 0.187. The molecule has 0 saturated carbocycles. The van der Waals surface area contributed by atoms with Crippen molar-refractivity contribution in [2.75, 3.05) is 26.3 Å². The molecule has 2 saturated heterocycles. The minimum atomic E-state index is -4.67. The van der Waals surface area contributed by atoms with Gasteiger partial charge in [0.25, 0.3) is 5.91 Å². The Labute approximate surface area is 153 Å². The molecule has 3 atom stereocenters. The number of hydrogen-bond acceptors (Lipinski definition) is 4. The first kappa shape index (κ1) is 19.5. The fourth-order valence-corrected chi connectivity index (χ4v) is 3.39. The largest absolute Gasteiger partial charge is 0.491 e. The van der Waals surface area contributed by atoms with Gasteiger partial charge in [0, 0.05) is 25.3 Å². The summed E-state index contributed by atoms with van der Waals surface area (Å²) < 4.78 is 50.2. The van der Waals surface area contributed by atoms with Crippen molar-refractivity contribution in [3.8, 4) is 5.75 Å². The minimum Gasteiger partial charge on any atom is -0.491 e. The van der Waals surface area contributed by atoms with E-state index in [9.17, 15) is 22.8 Å². The summed E-state index contributed by atoms with van der Waals surface area (Å²) in [4.78, 5) is 24.5. The summed E-state index contributed by atoms with van der Waals surface area (Å²) in [6.07, 6.45) is -2.70. The molecular weight excluding hydrogens is 367 g/mol. The number of ether oxygens (including phenoxy) is 2. The maximum absolute atomic E-state index is 13.0. The van der Waals surface area contributed by atoms with E-state index in [0.717, 1.165) is 17.7 Å². The smallest absolute Gasteiger partial charge is 0.394 e. The normalized spacial score (nSPS) is 25.6. The number of amides is 1. The Morgan fingerprint density at radius 2 is 1.93 bits per heavy atom. The van der Waals surface area contributed by atoms with Gasteiger partial charge in [-0.2, -0.15) is 13.2 Å². The van der Waals surface area contributed by atoms with Gasteiger partial charge in [0.05, 0.1) is 17.9 Å². The molecule has 0 spiro atoms. The number of benzene rings is 1. The third-order valence-electron chi connectivity index (χ3n) is 4.91. The van der Waals surface area contributed by atoms with Crippen LogP contribution in [0.5, 0.6) is 5.75 Å². The molecule has 2 heterocycles. The first-order valence-corrected chi connectivity index (χ1v) is 8.69. The molecule has 1 unspecified atom stereocenters. The summed E-state index contributed by atoms with van der Waals surface area (Å²) in [5, 5.41) is 9.04. The van der Waals surface area contributed by atoms with Crippen molar-refractivity contribution in [3.63, 3.8) is 0 Å². The number of carboxylic acid groups (broad SMARTS) is 1. The van der Waals surface area contributed by atoms with E-state index in [1.165, 1.54) is 12.1 Å². The van der Waals surface area contributed by atoms with Gasteiger partial charge in [-0.15, -0.1) is 0 Å². The molecule has 3 rings (SSSR count). The molecular formula is C18H20F3NO5. The van der Waals surface area contributed by atoms with Crippen LogP contribution in [-0.4, -0.2) is 60.5 Å². The summed E-state index contributed by atoms with van der Waals surface area (Å²) in [5.74, 6) is -5.36. The molecule has 1 aromatic rings. The zero-order chi connectivity index (χ0) is 19.6. The highest BCUT2D eigenvalue weighted by atomic mass is 19.4. The van der Waals surface area contributed by atoms with Gasteiger partial charge in [0.2, 0.25) is 0 Å². The molecule has 0 aromatic heterocycles. The monoisotopic (exact) mass is 387 g/mol. The number of carbonyl (C=O) groups excluding carboxylic acids is 1. The van der Waals surface area contributed by atoms with Crippen LogP contribution in [0.1, 0.15) is 23.2 Å². The van der Waals surface area contributed by atoms with Crippen molar-refractivity contribution in [2.24, 2.45) is 11.8 Å². The molecule has 0 aliphatic carbocycles. The van der Waals surface area contributed by atoms with E-state index >= 15 is 0 Å². The van der Waals surface area contributed by atoms with Crippen LogP contribution >= 0.6 is 0 Å². The van der Waals surface area contributed by atoms with E-state index in [1.54, 1.807) is 12.1 Å². The highest BCUT2D eigenvalue weighted by Crippen LogP contribution is 2.38. The number of rotatable bonds is 5. The summed E-state index contributed by atoms with van der Waals surface area (Å²) in [6, 6.07) is 6.05. The van der Waals surface area contributed by atoms with Crippen LogP contribution in [0.4, 0.5) is 13.2 Å². The molecule has 2 fully saturated rings. The Morgan fingerprint density at radius 3 is 2.44 bits per heavy atom. The van der Waals surface area contributed by atoms with Gasteiger partial charge >= 0.3 is 12.1 Å². The quantitative estimate of drug-likeness (QED) is 0.841. The Bertz CT molecular complexity index is 685. The number of carboxylic acids is 1. The average Bonchev–Trinajstić information content (AvgIpc) is 3.29. The molecule has 1 amide bonds. The van der Waals surface area contributed by atoms with Crippen LogP contribution in [0.15, 0.2) is 24.3 Å². The van der Waals surface area contributed by atoms with Crippen molar-refractivity contribution < 1.29 is 37.3 Å². The van der Waals surface area contributed by atoms with E-state index in [-0.39, 0.29) is 11.7 Å². The van der Waals surface area contributed by atoms with E-state index in [4.69, 9.17) is 14.6 Å². The Morgan fingerprint density at radius 1 is 1.22 bits per heavy atom. The molecule has 148 valence electrons. The summed E-state index contributed by atoms with van der Waals surface area (Å²) >= 11 is 0. The highest BCUT2D eigenvalue weighted by molar-refractivity contribution is 5.95. The van der Waals surface area contributed by atoms with E-state index in [1.807, 2.05) is 0 Å². The Hall–Kier alpha value is -2.29. The SMILES string of the molecule is O=C(O)[C@@H]1CN(C(=O)c2ccc(OCC3CCCO3)cc2)C[C@H]1C(F)(F)F. The average molecular weight is 387 g/mol. The number of carbonyl (C=O) groups is 2. The number of nitrogens with zero attached hydrogens (tertiary/aromatic N) is 1. The van der Waals surface area contributed by atoms with E-state index in [2.05, 4.69) is 0 Å². The number of aliphatic carboxylic acids is 1. The topological polar surface area (TPSA) is 76.1 Å². The van der Waals surface area contributed by atoms with Crippen LogP contribution in [0, 0.1) is 11.8 Å². The van der Waals surface area contributed by atoms with Gasteiger partial charge in [-0.3, -0.25) is 9.59 Å². The predicted molar refractivity (Wildman–Crippen MR) is 87.5 cm³/mol. The Kier molecular flexibility index (Phi) is 5.59. The lowest BCUT2D eigenvalue weighted by molar-refractivity contribution is -0.187. The molecule has 1 aromatic carbocycles. The first-order chi connectivity index (χ1) is 12.8. The summed E-state index contributed by atoms with van der Waals surface area (Å²) in [6.45, 7) is -0.00723. The van der Waals surface area contributed by atoms with Crippen molar-refractivity contribution in [1.29, 1.82) is 0 Å². The van der Waals surface area contributed by atoms with E-state index < -0.39 is 43.0 Å². The van der Waals surface area contributed by atoms with Gasteiger partial charge in [0.1, 0.15) is 12.4 Å². The lowest BCUT2D eigenvalue weighted by atomic mass is 9.96. The second kappa shape index (κ2) is 7.75. The molecule has 0 bridgehead atoms. The lowest BCUT2D eigenvalue weighted by Gasteiger charge is -2.18. The van der Waals surface area contributed by atoms with Gasteiger partial charge in [-0.05, 0) is 37.1 Å². The first-order valence-electron chi connectivity index (χ1n) is 8.69. The van der Waals surface area contributed by atoms with Crippen molar-refractivity contribution >= 4 is 11.9 Å². The van der Waals surface area contributed by atoms with Crippen LogP contribution in [0.2, 0.25) is 0 Å². The maximum atomic E-state index is 13.0. The number of alkyl halides is 3. The second-order valence-electron chi connectivity index (χ2n) is 6.77. The Balaban J connectivity index is 1.62. The molecule has 27 heavy (non-hydrogen) atoms. The van der Waals surface area contributed by atoms with Gasteiger partial charge in [-0.25, -0.2) is 0 Å². The predicted octanol–water partition coefficient (Wildman–Crippen LogP) is 2.58. The zero-order valence-corrected chi connectivity index (χ0v) is 14.4. The fourth-order valence-electron chi connectivity index (χ4n) is 3.39. The third-order valence-corrected chi connectivity index (χ3v) is 4.91. The third kappa shape index (κ3) is 4.52. The van der Waals surface area contributed by atoms with Crippen LogP contribution in [-0.2, 0) is 9.53 Å². The van der Waals surface area contributed by atoms with Gasteiger partial charge < -0.3 is 19.5 Å². The summed E-state index contributed by atoms with van der Waals surface area (Å²) in [7, 11) is 0. The molecule has 9 heteroatoms.